The number of likely N-dealkylation sites (N-methyl/N-ethyl adjacent to an activating group) is 1. The maximum atomic E-state index is 9.64. The van der Waals surface area contributed by atoms with Crippen LogP contribution in [0.2, 0.25) is 0 Å². The minimum absolute atomic E-state index is 0.314. The van der Waals surface area contributed by atoms with Gasteiger partial charge in [0.2, 0.25) is 0 Å². The van der Waals surface area contributed by atoms with Crippen molar-refractivity contribution in [1.29, 1.82) is 0 Å². The van der Waals surface area contributed by atoms with Crippen molar-refractivity contribution < 1.29 is 25.2 Å². The standard InChI is InChI=1S/C9H18ClNO5/c1-11(3-2-10)4-5-6(12)7(13)8(14)9(15)16-5/h5-9,12-15H,2-4H2,1H3/t5-,6-,7-,8-,9+/m0/s1. The number of hydrogen-bond acceptors (Lipinski definition) is 6. The van der Waals surface area contributed by atoms with Gasteiger partial charge in [0.15, 0.2) is 6.29 Å². The molecule has 0 aromatic rings. The molecule has 0 aliphatic carbocycles. The van der Waals surface area contributed by atoms with Gasteiger partial charge in [-0.05, 0) is 7.05 Å². The normalized spacial score (nSPS) is 40.3. The molecule has 1 fully saturated rings. The third kappa shape index (κ3) is 3.27. The van der Waals surface area contributed by atoms with Crippen molar-refractivity contribution in [2.45, 2.75) is 30.7 Å². The third-order valence-corrected chi connectivity index (χ3v) is 2.81. The zero-order valence-electron chi connectivity index (χ0n) is 9.03. The molecule has 7 heteroatoms. The van der Waals surface area contributed by atoms with Crippen molar-refractivity contribution >= 4 is 11.6 Å². The van der Waals surface area contributed by atoms with E-state index in [0.717, 1.165) is 0 Å². The van der Waals surface area contributed by atoms with E-state index in [1.54, 1.807) is 11.9 Å². The van der Waals surface area contributed by atoms with Gasteiger partial charge in [0.25, 0.3) is 0 Å². The molecule has 96 valence electrons. The van der Waals surface area contributed by atoms with Crippen LogP contribution in [0.5, 0.6) is 0 Å². The first-order valence-corrected chi connectivity index (χ1v) is 5.63. The molecular weight excluding hydrogens is 238 g/mol. The van der Waals surface area contributed by atoms with E-state index in [1.807, 2.05) is 0 Å². The van der Waals surface area contributed by atoms with Gasteiger partial charge in [0.1, 0.15) is 24.4 Å². The lowest BCUT2D eigenvalue weighted by atomic mass is 9.99. The molecule has 0 aromatic carbocycles. The first-order valence-electron chi connectivity index (χ1n) is 5.09. The molecule has 1 aliphatic heterocycles. The molecular formula is C9H18ClNO5. The van der Waals surface area contributed by atoms with Crippen LogP contribution in [0, 0.1) is 0 Å². The molecule has 16 heavy (non-hydrogen) atoms. The van der Waals surface area contributed by atoms with Gasteiger partial charge in [-0.25, -0.2) is 0 Å². The molecule has 0 spiro atoms. The molecule has 0 aromatic heterocycles. The number of aliphatic hydroxyl groups is 4. The summed E-state index contributed by atoms with van der Waals surface area (Å²) in [5, 5.41) is 37.6. The molecule has 1 saturated heterocycles. The van der Waals surface area contributed by atoms with E-state index in [1.165, 1.54) is 0 Å². The summed E-state index contributed by atoms with van der Waals surface area (Å²) in [7, 11) is 1.78. The summed E-state index contributed by atoms with van der Waals surface area (Å²) in [5.74, 6) is 0.438. The average Bonchev–Trinajstić information content (AvgIpc) is 2.23. The van der Waals surface area contributed by atoms with Crippen LogP contribution in [-0.4, -0.2) is 82.0 Å². The van der Waals surface area contributed by atoms with Gasteiger partial charge in [-0.15, -0.1) is 11.6 Å². The monoisotopic (exact) mass is 255 g/mol. The Morgan fingerprint density at radius 2 is 1.75 bits per heavy atom. The fraction of sp³-hybridized carbons (Fsp3) is 1.00. The van der Waals surface area contributed by atoms with Crippen LogP contribution in [0.25, 0.3) is 0 Å². The van der Waals surface area contributed by atoms with Crippen LogP contribution < -0.4 is 0 Å². The van der Waals surface area contributed by atoms with E-state index >= 15 is 0 Å². The Morgan fingerprint density at radius 3 is 2.31 bits per heavy atom. The van der Waals surface area contributed by atoms with Crippen LogP contribution in [0.1, 0.15) is 0 Å². The van der Waals surface area contributed by atoms with Crippen LogP contribution in [0.15, 0.2) is 0 Å². The molecule has 0 bridgehead atoms. The molecule has 4 N–H and O–H groups in total. The molecule has 1 heterocycles. The highest BCUT2D eigenvalue weighted by molar-refractivity contribution is 6.18. The SMILES string of the molecule is CN(CCCl)C[C@@H]1O[C@@H](O)[C@@H](O)[C@@H](O)[C@H]1O. The average molecular weight is 256 g/mol. The van der Waals surface area contributed by atoms with Gasteiger partial charge in [0, 0.05) is 19.0 Å². The minimum Gasteiger partial charge on any atom is -0.388 e. The highest BCUT2D eigenvalue weighted by Gasteiger charge is 2.43. The predicted molar refractivity (Wildman–Crippen MR) is 57.1 cm³/mol. The maximum absolute atomic E-state index is 9.64. The highest BCUT2D eigenvalue weighted by atomic mass is 35.5. The first-order chi connectivity index (χ1) is 7.47. The second-order valence-corrected chi connectivity index (χ2v) is 4.37. The maximum Gasteiger partial charge on any atom is 0.184 e. The molecule has 5 atom stereocenters. The van der Waals surface area contributed by atoms with Crippen molar-refractivity contribution in [2.75, 3.05) is 26.0 Å². The molecule has 1 aliphatic rings. The van der Waals surface area contributed by atoms with E-state index in [2.05, 4.69) is 0 Å². The topological polar surface area (TPSA) is 93.4 Å². The zero-order chi connectivity index (χ0) is 12.3. The first kappa shape index (κ1) is 14.1. The molecule has 1 rings (SSSR count). The van der Waals surface area contributed by atoms with Crippen molar-refractivity contribution in [3.63, 3.8) is 0 Å². The number of alkyl halides is 1. The number of rotatable bonds is 4. The van der Waals surface area contributed by atoms with E-state index in [4.69, 9.17) is 16.3 Å². The van der Waals surface area contributed by atoms with Crippen molar-refractivity contribution in [2.24, 2.45) is 0 Å². The Balaban J connectivity index is 2.53. The highest BCUT2D eigenvalue weighted by Crippen LogP contribution is 2.20. The molecule has 0 unspecified atom stereocenters. The molecule has 0 radical (unpaired) electrons. The lowest BCUT2D eigenvalue weighted by Crippen LogP contribution is -2.59. The second kappa shape index (κ2) is 6.11. The van der Waals surface area contributed by atoms with E-state index in [9.17, 15) is 20.4 Å². The Kier molecular flexibility index (Phi) is 5.39. The van der Waals surface area contributed by atoms with Crippen molar-refractivity contribution in [3.05, 3.63) is 0 Å². The van der Waals surface area contributed by atoms with E-state index in [-0.39, 0.29) is 0 Å². The van der Waals surface area contributed by atoms with Gasteiger partial charge in [0.05, 0.1) is 0 Å². The van der Waals surface area contributed by atoms with E-state index < -0.39 is 30.7 Å². The fourth-order valence-corrected chi connectivity index (χ4v) is 1.91. The van der Waals surface area contributed by atoms with Gasteiger partial charge in [-0.1, -0.05) is 0 Å². The Labute approximate surface area is 99.0 Å². The summed E-state index contributed by atoms with van der Waals surface area (Å²) in [6, 6.07) is 0. The number of nitrogens with zero attached hydrogens (tertiary/aromatic N) is 1. The summed E-state index contributed by atoms with van der Waals surface area (Å²) in [6.07, 6.45) is -6.34. The number of aliphatic hydroxyl groups excluding tert-OH is 4. The summed E-state index contributed by atoms with van der Waals surface area (Å²) < 4.78 is 5.01. The van der Waals surface area contributed by atoms with Crippen LogP contribution >= 0.6 is 11.6 Å². The van der Waals surface area contributed by atoms with Crippen molar-refractivity contribution in [3.8, 4) is 0 Å². The van der Waals surface area contributed by atoms with Gasteiger partial charge in [-0.3, -0.25) is 0 Å². The van der Waals surface area contributed by atoms with Crippen LogP contribution in [0.4, 0.5) is 0 Å². The summed E-state index contributed by atoms with van der Waals surface area (Å²) in [6.45, 7) is 0.914. The van der Waals surface area contributed by atoms with E-state index in [0.29, 0.717) is 19.0 Å². The van der Waals surface area contributed by atoms with Crippen LogP contribution in [-0.2, 0) is 4.74 Å². The lowest BCUT2D eigenvalue weighted by Gasteiger charge is -2.39. The molecule has 6 nitrogen and oxygen atoms in total. The summed E-state index contributed by atoms with van der Waals surface area (Å²) >= 11 is 5.55. The third-order valence-electron chi connectivity index (χ3n) is 2.64. The molecule has 0 saturated carbocycles. The Hall–Kier alpha value is 0.0500. The second-order valence-electron chi connectivity index (χ2n) is 3.99. The quantitative estimate of drug-likeness (QED) is 0.433. The zero-order valence-corrected chi connectivity index (χ0v) is 9.79. The fourth-order valence-electron chi connectivity index (χ4n) is 1.62. The number of ether oxygens (including phenoxy) is 1. The number of halogens is 1. The largest absolute Gasteiger partial charge is 0.388 e. The van der Waals surface area contributed by atoms with Gasteiger partial charge < -0.3 is 30.1 Å². The Bertz CT molecular complexity index is 220. The smallest absolute Gasteiger partial charge is 0.184 e. The van der Waals surface area contributed by atoms with Crippen molar-refractivity contribution in [1.82, 2.24) is 4.90 Å². The van der Waals surface area contributed by atoms with Gasteiger partial charge in [-0.2, -0.15) is 0 Å². The lowest BCUT2D eigenvalue weighted by molar-refractivity contribution is -0.283. The Morgan fingerprint density at radius 1 is 1.12 bits per heavy atom. The predicted octanol–water partition coefficient (Wildman–Crippen LogP) is -2.04. The number of hydrogen-bond donors (Lipinski definition) is 4. The van der Waals surface area contributed by atoms with Gasteiger partial charge >= 0.3 is 0 Å². The summed E-state index contributed by atoms with van der Waals surface area (Å²) in [5.41, 5.74) is 0. The summed E-state index contributed by atoms with van der Waals surface area (Å²) in [4.78, 5) is 1.80. The molecule has 0 amide bonds. The minimum atomic E-state index is -1.48. The van der Waals surface area contributed by atoms with Crippen LogP contribution in [0.3, 0.4) is 0 Å².